The van der Waals surface area contributed by atoms with Gasteiger partial charge in [-0.15, -0.1) is 0 Å². The number of likely N-dealkylation sites (tertiary alicyclic amines) is 1. The van der Waals surface area contributed by atoms with Crippen LogP contribution in [0.25, 0.3) is 0 Å². The van der Waals surface area contributed by atoms with Gasteiger partial charge in [-0.1, -0.05) is 115 Å². The molecule has 1 N–H and O–H groups in total. The predicted octanol–water partition coefficient (Wildman–Crippen LogP) is 3.89. The van der Waals surface area contributed by atoms with E-state index in [9.17, 15) is 19.5 Å². The molecule has 0 aliphatic carbocycles. The highest BCUT2D eigenvalue weighted by molar-refractivity contribution is 6.00. The van der Waals surface area contributed by atoms with E-state index in [2.05, 4.69) is 0 Å². The van der Waals surface area contributed by atoms with Gasteiger partial charge in [-0.25, -0.2) is 0 Å². The van der Waals surface area contributed by atoms with E-state index >= 15 is 0 Å². The molecule has 6 atom stereocenters. The van der Waals surface area contributed by atoms with Gasteiger partial charge in [0.05, 0.1) is 30.1 Å². The molecule has 0 aromatic heterocycles. The largest absolute Gasteiger partial charge is 0.394 e. The number of hydrogen-bond acceptors (Lipinski definition) is 5. The minimum atomic E-state index is -1.41. The fourth-order valence-electron chi connectivity index (χ4n) is 7.82. The van der Waals surface area contributed by atoms with E-state index in [1.807, 2.05) is 122 Å². The van der Waals surface area contributed by atoms with Crippen molar-refractivity contribution in [2.45, 2.75) is 43.3 Å². The zero-order valence-electron chi connectivity index (χ0n) is 25.2. The molecule has 4 aliphatic rings. The number of aliphatic hydroxyl groups is 1. The maximum Gasteiger partial charge on any atom is 0.249 e. The topological polar surface area (TPSA) is 90.4 Å². The Labute approximate surface area is 263 Å². The quantitative estimate of drug-likeness (QED) is 0.414. The molecule has 1 spiro atoms. The zero-order chi connectivity index (χ0) is 31.2. The van der Waals surface area contributed by atoms with Crippen LogP contribution in [-0.4, -0.2) is 74.5 Å². The Bertz CT molecular complexity index is 1640. The lowest BCUT2D eigenvalue weighted by Gasteiger charge is -2.40. The number of ether oxygens (including phenoxy) is 1. The maximum absolute atomic E-state index is 14.9. The third kappa shape index (κ3) is 4.80. The lowest BCUT2D eigenvalue weighted by atomic mass is 9.74. The first-order valence-corrected chi connectivity index (χ1v) is 15.6. The third-order valence-corrected chi connectivity index (χ3v) is 9.79. The van der Waals surface area contributed by atoms with E-state index in [1.54, 1.807) is 9.80 Å². The minimum absolute atomic E-state index is 0.186. The summed E-state index contributed by atoms with van der Waals surface area (Å²) in [5.74, 6) is -2.65. The fourth-order valence-corrected chi connectivity index (χ4v) is 7.82. The van der Waals surface area contributed by atoms with Gasteiger partial charge in [0.2, 0.25) is 17.7 Å². The van der Waals surface area contributed by atoms with Gasteiger partial charge in [-0.05, 0) is 23.6 Å². The molecule has 3 aromatic carbocycles. The lowest BCUT2D eigenvalue weighted by Crippen LogP contribution is -2.56. The molecule has 2 fully saturated rings. The average molecular weight is 604 g/mol. The van der Waals surface area contributed by atoms with Crippen molar-refractivity contribution in [1.82, 2.24) is 14.7 Å². The normalized spacial score (nSPS) is 29.7. The SMILES string of the molecule is C[C@]12C=CCN(Cc3ccccc3)C(=O)[C@H]1[C@H]1C(=O)N([C@H](CO)c3ccccc3)C3C(=O)N(Cc4ccccc4)CC=C[C@@]31O2. The highest BCUT2D eigenvalue weighted by Gasteiger charge is 2.75. The highest BCUT2D eigenvalue weighted by Crippen LogP contribution is 2.58. The van der Waals surface area contributed by atoms with E-state index < -0.39 is 35.1 Å². The van der Waals surface area contributed by atoms with Crippen molar-refractivity contribution >= 4 is 17.7 Å². The van der Waals surface area contributed by atoms with Crippen molar-refractivity contribution in [3.8, 4) is 0 Å². The van der Waals surface area contributed by atoms with Crippen LogP contribution in [0.4, 0.5) is 0 Å². The van der Waals surface area contributed by atoms with Crippen LogP contribution in [0.1, 0.15) is 29.7 Å². The van der Waals surface area contributed by atoms with Crippen LogP contribution in [0, 0.1) is 11.8 Å². The summed E-state index contributed by atoms with van der Waals surface area (Å²) in [4.78, 5) is 49.2. The number of aliphatic hydroxyl groups excluding tert-OH is 1. The maximum atomic E-state index is 14.9. The van der Waals surface area contributed by atoms with Crippen molar-refractivity contribution in [3.05, 3.63) is 132 Å². The summed E-state index contributed by atoms with van der Waals surface area (Å²) in [6.45, 7) is 2.91. The molecule has 0 radical (unpaired) electrons. The molecule has 1 unspecified atom stereocenters. The molecular formula is C37H37N3O5. The second-order valence-corrected chi connectivity index (χ2v) is 12.6. The van der Waals surface area contributed by atoms with Gasteiger partial charge in [-0.2, -0.15) is 0 Å². The Balaban J connectivity index is 1.34. The van der Waals surface area contributed by atoms with Crippen molar-refractivity contribution in [2.75, 3.05) is 19.7 Å². The van der Waals surface area contributed by atoms with Gasteiger partial charge < -0.3 is 24.5 Å². The summed E-state index contributed by atoms with van der Waals surface area (Å²) < 4.78 is 6.98. The van der Waals surface area contributed by atoms with Gasteiger partial charge >= 0.3 is 0 Å². The first-order valence-electron chi connectivity index (χ1n) is 15.6. The van der Waals surface area contributed by atoms with Crippen molar-refractivity contribution < 1.29 is 24.2 Å². The van der Waals surface area contributed by atoms with Crippen LogP contribution in [0.3, 0.4) is 0 Å². The predicted molar refractivity (Wildman–Crippen MR) is 168 cm³/mol. The molecule has 2 saturated heterocycles. The molecule has 0 saturated carbocycles. The molecule has 3 aromatic rings. The van der Waals surface area contributed by atoms with Gasteiger partial charge in [0.1, 0.15) is 11.6 Å². The number of carbonyl (C=O) groups excluding carboxylic acids is 3. The summed E-state index contributed by atoms with van der Waals surface area (Å²) in [5, 5.41) is 10.8. The minimum Gasteiger partial charge on any atom is -0.394 e. The number of benzene rings is 3. The first kappa shape index (κ1) is 29.2. The number of carbonyl (C=O) groups is 3. The zero-order valence-corrected chi connectivity index (χ0v) is 25.2. The van der Waals surface area contributed by atoms with Crippen LogP contribution < -0.4 is 0 Å². The van der Waals surface area contributed by atoms with Gasteiger partial charge in [-0.3, -0.25) is 14.4 Å². The number of fused-ring (bicyclic) bond motifs is 2. The Morgan fingerprint density at radius 2 is 1.27 bits per heavy atom. The number of nitrogens with zero attached hydrogens (tertiary/aromatic N) is 3. The van der Waals surface area contributed by atoms with E-state index in [0.29, 0.717) is 31.7 Å². The summed E-state index contributed by atoms with van der Waals surface area (Å²) in [6, 6.07) is 26.9. The molecule has 4 heterocycles. The van der Waals surface area contributed by atoms with Gasteiger partial charge in [0.15, 0.2) is 0 Å². The summed E-state index contributed by atoms with van der Waals surface area (Å²) in [5.41, 5.74) is 0.132. The summed E-state index contributed by atoms with van der Waals surface area (Å²) in [7, 11) is 0. The number of rotatable bonds is 7. The Hall–Kier alpha value is -4.53. The highest BCUT2D eigenvalue weighted by atomic mass is 16.5. The average Bonchev–Trinajstić information content (AvgIpc) is 3.34. The van der Waals surface area contributed by atoms with Crippen molar-refractivity contribution in [2.24, 2.45) is 11.8 Å². The molecule has 45 heavy (non-hydrogen) atoms. The lowest BCUT2D eigenvalue weighted by molar-refractivity contribution is -0.156. The Morgan fingerprint density at radius 3 is 1.84 bits per heavy atom. The molecule has 8 nitrogen and oxygen atoms in total. The van der Waals surface area contributed by atoms with Crippen LogP contribution in [0.15, 0.2) is 115 Å². The van der Waals surface area contributed by atoms with Crippen molar-refractivity contribution in [3.63, 3.8) is 0 Å². The van der Waals surface area contributed by atoms with Crippen molar-refractivity contribution in [1.29, 1.82) is 0 Å². The Kier molecular flexibility index (Phi) is 7.42. The molecule has 230 valence electrons. The second kappa shape index (κ2) is 11.4. The smallest absolute Gasteiger partial charge is 0.249 e. The standard InChI is InChI=1S/C37H37N3O5/c1-36-19-11-21-38(23-26-13-5-2-6-14-26)33(42)30(36)31-34(43)40(29(25-41)28-17-9-4-10-18-28)32-35(44)39(22-12-20-37(31,32)45-36)24-27-15-7-3-8-16-27/h2-20,29-32,41H,21-25H2,1H3/t29-,30-,31+,32?,36+,37+/m1/s1. The van der Waals surface area contributed by atoms with E-state index in [4.69, 9.17) is 4.74 Å². The van der Waals surface area contributed by atoms with E-state index in [-0.39, 0.29) is 24.3 Å². The molecule has 3 amide bonds. The monoisotopic (exact) mass is 603 g/mol. The van der Waals surface area contributed by atoms with Crippen LogP contribution in [0.5, 0.6) is 0 Å². The van der Waals surface area contributed by atoms with Gasteiger partial charge in [0.25, 0.3) is 0 Å². The van der Waals surface area contributed by atoms with Gasteiger partial charge in [0, 0.05) is 26.2 Å². The first-order chi connectivity index (χ1) is 21.9. The van der Waals surface area contributed by atoms with E-state index in [1.165, 1.54) is 4.90 Å². The van der Waals surface area contributed by atoms with E-state index in [0.717, 1.165) is 11.1 Å². The molecule has 4 aliphatic heterocycles. The molecule has 8 heteroatoms. The molecular weight excluding hydrogens is 566 g/mol. The van der Waals surface area contributed by atoms with Crippen LogP contribution >= 0.6 is 0 Å². The fraction of sp³-hybridized carbons (Fsp3) is 0.324. The molecule has 7 rings (SSSR count). The van der Waals surface area contributed by atoms with Crippen LogP contribution in [-0.2, 0) is 32.2 Å². The van der Waals surface area contributed by atoms with Crippen LogP contribution in [0.2, 0.25) is 0 Å². The second-order valence-electron chi connectivity index (χ2n) is 12.6. The Morgan fingerprint density at radius 1 is 0.733 bits per heavy atom. The third-order valence-electron chi connectivity index (χ3n) is 9.79. The number of amides is 3. The summed E-state index contributed by atoms with van der Waals surface area (Å²) in [6.07, 6.45) is 7.57. The molecule has 0 bridgehead atoms. The summed E-state index contributed by atoms with van der Waals surface area (Å²) >= 11 is 0. The number of hydrogen-bond donors (Lipinski definition) is 1.